The van der Waals surface area contributed by atoms with Gasteiger partial charge in [0.1, 0.15) is 0 Å². The minimum Gasteiger partial charge on any atom is -0.464 e. The van der Waals surface area contributed by atoms with E-state index in [1.165, 1.54) is 18.4 Å². The summed E-state index contributed by atoms with van der Waals surface area (Å²) in [5, 5.41) is 2.10. The third-order valence-corrected chi connectivity index (χ3v) is 1.99. The third-order valence-electron chi connectivity index (χ3n) is 1.12. The van der Waals surface area contributed by atoms with E-state index in [1.807, 2.05) is 0 Å². The van der Waals surface area contributed by atoms with Crippen LogP contribution in [0.1, 0.15) is 15.5 Å². The van der Waals surface area contributed by atoms with Gasteiger partial charge in [-0.1, -0.05) is 0 Å². The minimum atomic E-state index is -0.408. The Morgan fingerprint density at radius 3 is 3.09 bits per heavy atom. The topological polar surface area (TPSA) is 65.2 Å². The van der Waals surface area contributed by atoms with Crippen molar-refractivity contribution in [3.05, 3.63) is 16.1 Å². The largest absolute Gasteiger partial charge is 0.464 e. The van der Waals surface area contributed by atoms with Crippen molar-refractivity contribution in [2.75, 3.05) is 7.11 Å². The maximum absolute atomic E-state index is 10.8. The highest BCUT2D eigenvalue weighted by molar-refractivity contribution is 7.11. The molecular weight excluding hydrogens is 164 g/mol. The van der Waals surface area contributed by atoms with Crippen molar-refractivity contribution in [3.63, 3.8) is 0 Å². The third kappa shape index (κ3) is 1.75. The summed E-state index contributed by atoms with van der Waals surface area (Å²) in [6.07, 6.45) is 0. The molecule has 0 bridgehead atoms. The van der Waals surface area contributed by atoms with Crippen LogP contribution in [-0.2, 0) is 11.3 Å². The maximum atomic E-state index is 10.8. The van der Waals surface area contributed by atoms with Crippen molar-refractivity contribution in [2.24, 2.45) is 5.73 Å². The maximum Gasteiger partial charge on any atom is 0.367 e. The number of hydrogen-bond acceptors (Lipinski definition) is 5. The molecular formula is C6H8N2O2S. The average Bonchev–Trinajstić information content (AvgIpc) is 2.50. The van der Waals surface area contributed by atoms with Crippen LogP contribution in [0.2, 0.25) is 0 Å². The molecule has 5 heteroatoms. The number of carbonyl (C=O) groups excluding carboxylic acids is 1. The average molecular weight is 172 g/mol. The van der Waals surface area contributed by atoms with E-state index < -0.39 is 5.97 Å². The lowest BCUT2D eigenvalue weighted by Gasteiger charge is -1.90. The second-order valence-electron chi connectivity index (χ2n) is 1.84. The zero-order valence-electron chi connectivity index (χ0n) is 6.03. The van der Waals surface area contributed by atoms with Gasteiger partial charge in [0.15, 0.2) is 0 Å². The molecule has 1 heterocycles. The Bertz CT molecular complexity index is 259. The van der Waals surface area contributed by atoms with E-state index >= 15 is 0 Å². The van der Waals surface area contributed by atoms with Crippen molar-refractivity contribution in [1.82, 2.24) is 4.98 Å². The number of esters is 1. The summed E-state index contributed by atoms with van der Waals surface area (Å²) in [4.78, 5) is 14.7. The number of aromatic nitrogens is 1. The van der Waals surface area contributed by atoms with E-state index in [0.717, 1.165) is 5.69 Å². The lowest BCUT2D eigenvalue weighted by molar-refractivity contribution is 0.0600. The second-order valence-corrected chi connectivity index (χ2v) is 2.70. The molecule has 0 radical (unpaired) electrons. The van der Waals surface area contributed by atoms with Gasteiger partial charge in [-0.25, -0.2) is 9.78 Å². The molecule has 11 heavy (non-hydrogen) atoms. The lowest BCUT2D eigenvalue weighted by atomic mass is 10.5. The first-order valence-electron chi connectivity index (χ1n) is 3.00. The molecule has 1 rings (SSSR count). The van der Waals surface area contributed by atoms with Crippen molar-refractivity contribution in [3.8, 4) is 0 Å². The Hall–Kier alpha value is -0.940. The van der Waals surface area contributed by atoms with Crippen LogP contribution in [0.3, 0.4) is 0 Å². The first kappa shape index (κ1) is 8.16. The van der Waals surface area contributed by atoms with E-state index in [4.69, 9.17) is 5.73 Å². The van der Waals surface area contributed by atoms with Crippen LogP contribution >= 0.6 is 11.3 Å². The summed E-state index contributed by atoms with van der Waals surface area (Å²) in [6.45, 7) is 0.355. The van der Waals surface area contributed by atoms with Crippen LogP contribution in [0.15, 0.2) is 5.38 Å². The van der Waals surface area contributed by atoms with Crippen molar-refractivity contribution in [2.45, 2.75) is 6.54 Å². The van der Waals surface area contributed by atoms with E-state index in [0.29, 0.717) is 11.6 Å². The van der Waals surface area contributed by atoms with E-state index in [9.17, 15) is 4.79 Å². The van der Waals surface area contributed by atoms with Gasteiger partial charge in [0.2, 0.25) is 5.01 Å². The van der Waals surface area contributed by atoms with Gasteiger partial charge < -0.3 is 10.5 Å². The molecule has 2 N–H and O–H groups in total. The summed E-state index contributed by atoms with van der Waals surface area (Å²) in [5.74, 6) is -0.408. The van der Waals surface area contributed by atoms with Crippen LogP contribution < -0.4 is 5.73 Å². The van der Waals surface area contributed by atoms with Crippen LogP contribution in [0.4, 0.5) is 0 Å². The summed E-state index contributed by atoms with van der Waals surface area (Å²) < 4.78 is 4.46. The zero-order chi connectivity index (χ0) is 8.27. The number of hydrogen-bond donors (Lipinski definition) is 1. The molecule has 1 aromatic rings. The summed E-state index contributed by atoms with van der Waals surface area (Å²) in [7, 11) is 1.33. The number of nitrogens with two attached hydrogens (primary N) is 1. The molecule has 0 fully saturated rings. The van der Waals surface area contributed by atoms with Crippen LogP contribution in [-0.4, -0.2) is 18.1 Å². The SMILES string of the molecule is COC(=O)c1nc(CN)cs1. The molecule has 0 spiro atoms. The highest BCUT2D eigenvalue weighted by atomic mass is 32.1. The van der Waals surface area contributed by atoms with Crippen LogP contribution in [0.25, 0.3) is 0 Å². The Morgan fingerprint density at radius 2 is 2.64 bits per heavy atom. The summed E-state index contributed by atoms with van der Waals surface area (Å²) in [6, 6.07) is 0. The fourth-order valence-electron chi connectivity index (χ4n) is 0.582. The number of rotatable bonds is 2. The van der Waals surface area contributed by atoms with Gasteiger partial charge >= 0.3 is 5.97 Å². The molecule has 4 nitrogen and oxygen atoms in total. The van der Waals surface area contributed by atoms with Gasteiger partial charge in [0.25, 0.3) is 0 Å². The molecule has 0 amide bonds. The lowest BCUT2D eigenvalue weighted by Crippen LogP contribution is -2.02. The van der Waals surface area contributed by atoms with Crippen molar-refractivity contribution < 1.29 is 9.53 Å². The van der Waals surface area contributed by atoms with Crippen LogP contribution in [0, 0.1) is 0 Å². The Labute approximate surface area is 68.0 Å². The molecule has 60 valence electrons. The fourth-order valence-corrected chi connectivity index (χ4v) is 1.33. The first-order chi connectivity index (χ1) is 5.27. The summed E-state index contributed by atoms with van der Waals surface area (Å²) in [5.41, 5.74) is 6.01. The van der Waals surface area contributed by atoms with E-state index in [1.54, 1.807) is 5.38 Å². The highest BCUT2D eigenvalue weighted by Gasteiger charge is 2.09. The van der Waals surface area contributed by atoms with E-state index in [2.05, 4.69) is 9.72 Å². The van der Waals surface area contributed by atoms with Crippen LogP contribution in [0.5, 0.6) is 0 Å². The summed E-state index contributed by atoms with van der Waals surface area (Å²) >= 11 is 1.24. The standard InChI is InChI=1S/C6H8N2O2S/c1-10-6(9)5-8-4(2-7)3-11-5/h3H,2,7H2,1H3. The van der Waals surface area contributed by atoms with Gasteiger partial charge in [-0.2, -0.15) is 0 Å². The fraction of sp³-hybridized carbons (Fsp3) is 0.333. The Morgan fingerprint density at radius 1 is 1.91 bits per heavy atom. The number of thiazole rings is 1. The van der Waals surface area contributed by atoms with Crippen molar-refractivity contribution >= 4 is 17.3 Å². The molecule has 0 atom stereocenters. The normalized spacial score (nSPS) is 9.64. The second kappa shape index (κ2) is 3.45. The quantitative estimate of drug-likeness (QED) is 0.655. The van der Waals surface area contributed by atoms with Crippen molar-refractivity contribution in [1.29, 1.82) is 0 Å². The number of carbonyl (C=O) groups is 1. The molecule has 0 aliphatic carbocycles. The highest BCUT2D eigenvalue weighted by Crippen LogP contribution is 2.09. The van der Waals surface area contributed by atoms with E-state index in [-0.39, 0.29) is 0 Å². The monoisotopic (exact) mass is 172 g/mol. The number of ether oxygens (including phenoxy) is 1. The van der Waals surface area contributed by atoms with Gasteiger partial charge in [-0.05, 0) is 0 Å². The molecule has 0 saturated heterocycles. The molecule has 0 unspecified atom stereocenters. The van der Waals surface area contributed by atoms with Gasteiger partial charge in [-0.3, -0.25) is 0 Å². The molecule has 0 aromatic carbocycles. The predicted octanol–water partition coefficient (Wildman–Crippen LogP) is 0.388. The smallest absolute Gasteiger partial charge is 0.367 e. The zero-order valence-corrected chi connectivity index (χ0v) is 6.85. The molecule has 0 aliphatic heterocycles. The van der Waals surface area contributed by atoms with Gasteiger partial charge in [0.05, 0.1) is 12.8 Å². The van der Waals surface area contributed by atoms with Gasteiger partial charge in [0, 0.05) is 11.9 Å². The molecule has 0 aliphatic rings. The predicted molar refractivity (Wildman–Crippen MR) is 41.3 cm³/mol. The number of nitrogens with zero attached hydrogens (tertiary/aromatic N) is 1. The number of methoxy groups -OCH3 is 1. The molecule has 1 aromatic heterocycles. The first-order valence-corrected chi connectivity index (χ1v) is 3.88. The minimum absolute atomic E-state index is 0.355. The molecule has 0 saturated carbocycles. The van der Waals surface area contributed by atoms with Gasteiger partial charge in [-0.15, -0.1) is 11.3 Å². The Balaban J connectivity index is 2.80. The Kier molecular flexibility index (Phi) is 2.56.